The van der Waals surface area contributed by atoms with Gasteiger partial charge in [0.15, 0.2) is 12.2 Å². The van der Waals surface area contributed by atoms with Crippen molar-refractivity contribution in [2.75, 3.05) is 39.6 Å². The molecule has 0 bridgehead atoms. The zero-order chi connectivity index (χ0) is 72.8. The number of hydrogen-bond donors (Lipinski definition) is 3. The van der Waals surface area contributed by atoms with Crippen molar-refractivity contribution in [3.05, 3.63) is 0 Å². The highest BCUT2D eigenvalue weighted by Gasteiger charge is 2.30. The van der Waals surface area contributed by atoms with Crippen LogP contribution in [0.1, 0.15) is 420 Å². The number of phosphoric acid groups is 2. The molecule has 0 aromatic heterocycles. The zero-order valence-electron chi connectivity index (χ0n) is 64.8. The summed E-state index contributed by atoms with van der Waals surface area (Å²) in [5, 5.41) is 10.6. The molecule has 0 aromatic carbocycles. The van der Waals surface area contributed by atoms with Crippen molar-refractivity contribution in [2.45, 2.75) is 439 Å². The van der Waals surface area contributed by atoms with E-state index in [0.717, 1.165) is 102 Å². The van der Waals surface area contributed by atoms with E-state index < -0.39 is 97.5 Å². The normalized spacial score (nSPS) is 14.5. The number of aliphatic hydroxyl groups is 1. The first-order valence-corrected chi connectivity index (χ1v) is 44.6. The Bertz CT molecular complexity index is 1910. The average molecular weight is 1450 g/mol. The van der Waals surface area contributed by atoms with Gasteiger partial charge < -0.3 is 33.8 Å². The molecule has 0 heterocycles. The van der Waals surface area contributed by atoms with E-state index in [0.29, 0.717) is 25.7 Å². The van der Waals surface area contributed by atoms with Gasteiger partial charge in [0.2, 0.25) is 0 Å². The summed E-state index contributed by atoms with van der Waals surface area (Å²) in [5.74, 6) is -0.564. The molecule has 99 heavy (non-hydrogen) atoms. The van der Waals surface area contributed by atoms with Crippen molar-refractivity contribution < 1.29 is 80.2 Å². The van der Waals surface area contributed by atoms with E-state index in [-0.39, 0.29) is 25.7 Å². The quantitative estimate of drug-likeness (QED) is 0.0222. The molecule has 3 N–H and O–H groups in total. The van der Waals surface area contributed by atoms with E-state index in [1.54, 1.807) is 0 Å². The molecule has 0 aliphatic rings. The summed E-state index contributed by atoms with van der Waals surface area (Å²) in [6.45, 7) is 9.63. The minimum absolute atomic E-state index is 0.105. The Labute approximate surface area is 607 Å². The Balaban J connectivity index is 5.25. The molecule has 588 valence electrons. The van der Waals surface area contributed by atoms with Crippen LogP contribution in [0.2, 0.25) is 0 Å². The number of hydrogen-bond acceptors (Lipinski definition) is 15. The predicted molar refractivity (Wildman–Crippen MR) is 405 cm³/mol. The standard InChI is InChI=1S/C80H156O17P2/c1-7-11-13-15-17-19-21-23-25-27-28-29-31-33-35-37-46-52-58-64-79(84)96-75(68-90-77(82)62-56-50-44-36-34-32-30-26-24-22-20-18-16-14-12-8-2)70-94-98(86,87)92-66-74(81)67-93-99(88,89)95-71-76(97-80(85)65-59-53-47-41-39-43-49-55-61-73(6)10-4)69-91-78(83)63-57-51-45-40-38-42-48-54-60-72(5)9-3/h72-76,81H,7-71H2,1-6H3,(H,86,87)(H,88,89)/t72?,73?,74-,75-,76-/m1/s1. The van der Waals surface area contributed by atoms with Crippen LogP contribution in [0.25, 0.3) is 0 Å². The lowest BCUT2D eigenvalue weighted by Gasteiger charge is -2.21. The fourth-order valence-electron chi connectivity index (χ4n) is 12.3. The van der Waals surface area contributed by atoms with E-state index in [9.17, 15) is 43.2 Å². The second-order valence-electron chi connectivity index (χ2n) is 29.3. The van der Waals surface area contributed by atoms with Gasteiger partial charge >= 0.3 is 39.5 Å². The average Bonchev–Trinajstić information content (AvgIpc) is 1.92. The molecule has 0 saturated carbocycles. The van der Waals surface area contributed by atoms with Crippen molar-refractivity contribution in [3.63, 3.8) is 0 Å². The Hall–Kier alpha value is -1.94. The third-order valence-electron chi connectivity index (χ3n) is 19.4. The zero-order valence-corrected chi connectivity index (χ0v) is 66.6. The minimum atomic E-state index is -4.96. The van der Waals surface area contributed by atoms with Crippen molar-refractivity contribution in [1.82, 2.24) is 0 Å². The van der Waals surface area contributed by atoms with Crippen LogP contribution in [0.4, 0.5) is 0 Å². The highest BCUT2D eigenvalue weighted by atomic mass is 31.2. The third kappa shape index (κ3) is 71.5. The summed E-state index contributed by atoms with van der Waals surface area (Å²) in [7, 11) is -9.92. The first kappa shape index (κ1) is 97.1. The number of carbonyl (C=O) groups is 4. The third-order valence-corrected chi connectivity index (χ3v) is 21.3. The van der Waals surface area contributed by atoms with Gasteiger partial charge in [0, 0.05) is 25.7 Å². The fraction of sp³-hybridized carbons (Fsp3) is 0.950. The van der Waals surface area contributed by atoms with Crippen LogP contribution in [0.5, 0.6) is 0 Å². The van der Waals surface area contributed by atoms with E-state index in [1.807, 2.05) is 0 Å². The SMILES string of the molecule is CCCCCCCCCCCCCCCCCCCCCC(=O)O[C@H](COC(=O)CCCCCCCCCCCCCCCCCC)COP(=O)(O)OC[C@@H](O)COP(=O)(O)OC[C@@H](COC(=O)CCCCCCCCCCC(C)CC)OC(=O)CCCCCCCCCCC(C)CC. The van der Waals surface area contributed by atoms with Gasteiger partial charge in [-0.15, -0.1) is 0 Å². The topological polar surface area (TPSA) is 237 Å². The molecule has 0 fully saturated rings. The highest BCUT2D eigenvalue weighted by Crippen LogP contribution is 2.45. The number of carbonyl (C=O) groups excluding carboxylic acids is 4. The lowest BCUT2D eigenvalue weighted by molar-refractivity contribution is -0.161. The van der Waals surface area contributed by atoms with Crippen molar-refractivity contribution in [2.24, 2.45) is 11.8 Å². The maximum absolute atomic E-state index is 13.1. The number of phosphoric ester groups is 2. The Morgan fingerprint density at radius 2 is 0.485 bits per heavy atom. The molecule has 4 unspecified atom stereocenters. The van der Waals surface area contributed by atoms with Gasteiger partial charge in [-0.25, -0.2) is 9.13 Å². The number of aliphatic hydroxyl groups excluding tert-OH is 1. The van der Waals surface area contributed by atoms with Gasteiger partial charge in [-0.2, -0.15) is 0 Å². The number of rotatable bonds is 79. The fourth-order valence-corrected chi connectivity index (χ4v) is 13.9. The summed E-state index contributed by atoms with van der Waals surface area (Å²) in [4.78, 5) is 73.0. The van der Waals surface area contributed by atoms with Gasteiger partial charge in [0.1, 0.15) is 19.3 Å². The summed E-state index contributed by atoms with van der Waals surface area (Å²) < 4.78 is 68.7. The van der Waals surface area contributed by atoms with E-state index in [2.05, 4.69) is 41.5 Å². The maximum atomic E-state index is 13.1. The van der Waals surface area contributed by atoms with Crippen LogP contribution < -0.4 is 0 Å². The molecule has 0 aliphatic carbocycles. The van der Waals surface area contributed by atoms with Crippen LogP contribution in [0.15, 0.2) is 0 Å². The second-order valence-corrected chi connectivity index (χ2v) is 32.2. The lowest BCUT2D eigenvalue weighted by Crippen LogP contribution is -2.30. The van der Waals surface area contributed by atoms with Crippen LogP contribution in [-0.4, -0.2) is 96.7 Å². The van der Waals surface area contributed by atoms with E-state index in [4.69, 9.17) is 37.0 Å². The first-order chi connectivity index (χ1) is 47.9. The van der Waals surface area contributed by atoms with Gasteiger partial charge in [-0.3, -0.25) is 37.3 Å². The van der Waals surface area contributed by atoms with Crippen molar-refractivity contribution >= 4 is 39.5 Å². The monoisotopic (exact) mass is 1450 g/mol. The maximum Gasteiger partial charge on any atom is 0.472 e. The molecular weight excluding hydrogens is 1290 g/mol. The molecular formula is C80H156O17P2. The molecule has 0 amide bonds. The van der Waals surface area contributed by atoms with E-state index >= 15 is 0 Å². The number of unbranched alkanes of at least 4 members (excludes halogenated alkanes) is 47. The van der Waals surface area contributed by atoms with Crippen LogP contribution in [0.3, 0.4) is 0 Å². The van der Waals surface area contributed by atoms with Crippen molar-refractivity contribution in [1.29, 1.82) is 0 Å². The minimum Gasteiger partial charge on any atom is -0.462 e. The first-order valence-electron chi connectivity index (χ1n) is 41.6. The summed E-state index contributed by atoms with van der Waals surface area (Å²) in [6.07, 6.45) is 61.0. The Kier molecular flexibility index (Phi) is 70.3. The van der Waals surface area contributed by atoms with Crippen molar-refractivity contribution in [3.8, 4) is 0 Å². The smallest absolute Gasteiger partial charge is 0.462 e. The molecule has 19 heteroatoms. The summed E-state index contributed by atoms with van der Waals surface area (Å²) in [6, 6.07) is 0. The van der Waals surface area contributed by atoms with Gasteiger partial charge in [-0.1, -0.05) is 369 Å². The molecule has 0 spiro atoms. The molecule has 0 saturated heterocycles. The Morgan fingerprint density at radius 1 is 0.283 bits per heavy atom. The molecule has 0 aromatic rings. The number of esters is 4. The highest BCUT2D eigenvalue weighted by molar-refractivity contribution is 7.47. The largest absolute Gasteiger partial charge is 0.472 e. The van der Waals surface area contributed by atoms with Gasteiger partial charge in [0.25, 0.3) is 0 Å². The van der Waals surface area contributed by atoms with Gasteiger partial charge in [0.05, 0.1) is 26.4 Å². The summed E-state index contributed by atoms with van der Waals surface area (Å²) >= 11 is 0. The van der Waals surface area contributed by atoms with Crippen LogP contribution >= 0.6 is 15.6 Å². The molecule has 0 aliphatic heterocycles. The molecule has 0 rings (SSSR count). The number of ether oxygens (including phenoxy) is 4. The molecule has 17 nitrogen and oxygen atoms in total. The molecule has 7 atom stereocenters. The van der Waals surface area contributed by atoms with Gasteiger partial charge in [-0.05, 0) is 37.5 Å². The lowest BCUT2D eigenvalue weighted by atomic mass is 9.99. The van der Waals surface area contributed by atoms with Crippen LogP contribution in [0, 0.1) is 11.8 Å². The second kappa shape index (κ2) is 71.7. The predicted octanol–water partition coefficient (Wildman–Crippen LogP) is 23.9. The molecule has 0 radical (unpaired) electrons. The van der Waals surface area contributed by atoms with E-state index in [1.165, 1.54) is 238 Å². The Morgan fingerprint density at radius 3 is 0.717 bits per heavy atom. The van der Waals surface area contributed by atoms with Crippen LogP contribution in [-0.2, 0) is 65.4 Å². The summed E-state index contributed by atoms with van der Waals surface area (Å²) in [5.41, 5.74) is 0.